The molecule has 214 valence electrons. The van der Waals surface area contributed by atoms with Gasteiger partial charge in [-0.25, -0.2) is 0 Å². The lowest BCUT2D eigenvalue weighted by atomic mass is 9.83. The number of aryl methyl sites for hydroxylation is 2. The zero-order chi connectivity index (χ0) is 28.8. The standard InChI is InChI=1S/C37H41ClO3/c1-5-34-27(4)35(39-23-29-12-8-6-9-13-29)37(40-24-30-14-10-7-11-15-30)36(41-34)32-22-31(33(38)20-26(32)3)21-28-18-16-25(2)17-19-28/h6-20,22,27,34-37H,5,21,23-24H2,1-4H3/t27-,34-,35+,36+,37-/m1/s1. The molecule has 5 atom stereocenters. The predicted molar refractivity (Wildman–Crippen MR) is 167 cm³/mol. The highest BCUT2D eigenvalue weighted by Crippen LogP contribution is 2.42. The maximum absolute atomic E-state index is 6.91. The van der Waals surface area contributed by atoms with Crippen molar-refractivity contribution in [3.05, 3.63) is 141 Å². The average Bonchev–Trinajstić information content (AvgIpc) is 2.99. The molecule has 0 unspecified atom stereocenters. The molecule has 0 aliphatic carbocycles. The zero-order valence-corrected chi connectivity index (χ0v) is 25.3. The Kier molecular flexibility index (Phi) is 9.95. The molecule has 0 saturated carbocycles. The molecule has 0 N–H and O–H groups in total. The van der Waals surface area contributed by atoms with Crippen LogP contribution in [0.3, 0.4) is 0 Å². The van der Waals surface area contributed by atoms with E-state index >= 15 is 0 Å². The van der Waals surface area contributed by atoms with E-state index in [2.05, 4.69) is 100 Å². The summed E-state index contributed by atoms with van der Waals surface area (Å²) in [6.07, 6.45) is 0.998. The van der Waals surface area contributed by atoms with Crippen LogP contribution in [0.5, 0.6) is 0 Å². The molecule has 3 nitrogen and oxygen atoms in total. The van der Waals surface area contributed by atoms with Crippen molar-refractivity contribution in [1.29, 1.82) is 0 Å². The second-order valence-corrected chi connectivity index (χ2v) is 11.8. The van der Waals surface area contributed by atoms with Crippen LogP contribution in [0.15, 0.2) is 97.1 Å². The molecular weight excluding hydrogens is 528 g/mol. The summed E-state index contributed by atoms with van der Waals surface area (Å²) in [7, 11) is 0. The molecule has 4 aromatic carbocycles. The number of halogens is 1. The van der Waals surface area contributed by atoms with Crippen LogP contribution in [0.1, 0.15) is 65.3 Å². The van der Waals surface area contributed by atoms with Crippen molar-refractivity contribution in [3.63, 3.8) is 0 Å². The Hall–Kier alpha value is -2.95. The Balaban J connectivity index is 1.50. The van der Waals surface area contributed by atoms with E-state index in [1.807, 2.05) is 24.3 Å². The second-order valence-electron chi connectivity index (χ2n) is 11.3. The normalized spacial score (nSPS) is 22.5. The van der Waals surface area contributed by atoms with Gasteiger partial charge in [-0.15, -0.1) is 0 Å². The third-order valence-electron chi connectivity index (χ3n) is 8.28. The van der Waals surface area contributed by atoms with Gasteiger partial charge in [0.1, 0.15) is 12.2 Å². The Bertz CT molecular complexity index is 1390. The number of hydrogen-bond donors (Lipinski definition) is 0. The van der Waals surface area contributed by atoms with Crippen LogP contribution in [0.2, 0.25) is 5.02 Å². The Labute approximate surface area is 250 Å². The first-order chi connectivity index (χ1) is 19.9. The molecule has 41 heavy (non-hydrogen) atoms. The number of ether oxygens (including phenoxy) is 3. The summed E-state index contributed by atoms with van der Waals surface area (Å²) < 4.78 is 20.4. The minimum absolute atomic E-state index is 0.0491. The Morgan fingerprint density at radius 1 is 0.732 bits per heavy atom. The Morgan fingerprint density at radius 3 is 1.90 bits per heavy atom. The van der Waals surface area contributed by atoms with Gasteiger partial charge >= 0.3 is 0 Å². The fraction of sp³-hybridized carbons (Fsp3) is 0.351. The maximum atomic E-state index is 6.91. The summed E-state index contributed by atoms with van der Waals surface area (Å²) >= 11 is 6.83. The first-order valence-electron chi connectivity index (χ1n) is 14.7. The van der Waals surface area contributed by atoms with E-state index in [4.69, 9.17) is 25.8 Å². The Morgan fingerprint density at radius 2 is 1.32 bits per heavy atom. The van der Waals surface area contributed by atoms with Gasteiger partial charge in [-0.3, -0.25) is 0 Å². The van der Waals surface area contributed by atoms with Gasteiger partial charge in [0, 0.05) is 10.9 Å². The summed E-state index contributed by atoms with van der Waals surface area (Å²) in [6, 6.07) is 33.7. The SMILES string of the molecule is CC[C@H]1O[C@@H](c2cc(Cc3ccc(C)cc3)c(Cl)cc2C)[C@H](OCc2ccccc2)[C@@H](OCc2ccccc2)[C@@H]1C. The van der Waals surface area contributed by atoms with Crippen molar-refractivity contribution in [1.82, 2.24) is 0 Å². The summed E-state index contributed by atoms with van der Waals surface area (Å²) in [4.78, 5) is 0. The second kappa shape index (κ2) is 13.8. The minimum Gasteiger partial charge on any atom is -0.370 e. The average molecular weight is 569 g/mol. The van der Waals surface area contributed by atoms with E-state index in [9.17, 15) is 0 Å². The van der Waals surface area contributed by atoms with Crippen molar-refractivity contribution >= 4 is 11.6 Å². The minimum atomic E-state index is -0.288. The molecule has 1 fully saturated rings. The van der Waals surface area contributed by atoms with Crippen molar-refractivity contribution in [3.8, 4) is 0 Å². The summed E-state index contributed by atoms with van der Waals surface area (Å²) in [6.45, 7) is 9.67. The van der Waals surface area contributed by atoms with E-state index in [-0.39, 0.29) is 30.3 Å². The summed E-state index contributed by atoms with van der Waals surface area (Å²) in [5.74, 6) is 0.167. The quantitative estimate of drug-likeness (QED) is 0.191. The van der Waals surface area contributed by atoms with Crippen LogP contribution >= 0.6 is 11.6 Å². The fourth-order valence-electron chi connectivity index (χ4n) is 5.86. The van der Waals surface area contributed by atoms with Crippen LogP contribution in [0.4, 0.5) is 0 Å². The molecule has 4 aromatic rings. The topological polar surface area (TPSA) is 27.7 Å². The first-order valence-corrected chi connectivity index (χ1v) is 15.1. The summed E-state index contributed by atoms with van der Waals surface area (Å²) in [5, 5.41) is 0.779. The smallest absolute Gasteiger partial charge is 0.115 e. The monoisotopic (exact) mass is 568 g/mol. The van der Waals surface area contributed by atoms with Crippen molar-refractivity contribution in [2.45, 2.75) is 78.2 Å². The maximum Gasteiger partial charge on any atom is 0.115 e. The van der Waals surface area contributed by atoms with Crippen LogP contribution in [0.25, 0.3) is 0 Å². The predicted octanol–water partition coefficient (Wildman–Crippen LogP) is 9.20. The van der Waals surface area contributed by atoms with Gasteiger partial charge in [-0.2, -0.15) is 0 Å². The van der Waals surface area contributed by atoms with Gasteiger partial charge in [0.2, 0.25) is 0 Å². The number of benzene rings is 4. The lowest BCUT2D eigenvalue weighted by Gasteiger charge is -2.46. The third-order valence-corrected chi connectivity index (χ3v) is 8.63. The van der Waals surface area contributed by atoms with E-state index < -0.39 is 0 Å². The molecule has 0 spiro atoms. The van der Waals surface area contributed by atoms with E-state index in [0.717, 1.165) is 45.7 Å². The van der Waals surface area contributed by atoms with Crippen molar-refractivity contribution in [2.24, 2.45) is 5.92 Å². The van der Waals surface area contributed by atoms with Crippen molar-refractivity contribution < 1.29 is 14.2 Å². The van der Waals surface area contributed by atoms with Gasteiger partial charge in [0.15, 0.2) is 0 Å². The van der Waals surface area contributed by atoms with Gasteiger partial charge in [0.25, 0.3) is 0 Å². The molecule has 1 aliphatic heterocycles. The molecule has 1 aliphatic rings. The van der Waals surface area contributed by atoms with Crippen LogP contribution in [0, 0.1) is 19.8 Å². The molecule has 0 radical (unpaired) electrons. The van der Waals surface area contributed by atoms with Crippen LogP contribution in [-0.2, 0) is 33.8 Å². The highest BCUT2D eigenvalue weighted by atomic mass is 35.5. The first kappa shape index (κ1) is 29.5. The lowest BCUT2D eigenvalue weighted by Crippen LogP contribution is -2.51. The van der Waals surface area contributed by atoms with Gasteiger partial charge in [-0.05, 0) is 66.1 Å². The van der Waals surface area contributed by atoms with E-state index in [0.29, 0.717) is 13.2 Å². The number of hydrogen-bond acceptors (Lipinski definition) is 3. The molecule has 1 saturated heterocycles. The van der Waals surface area contributed by atoms with Gasteiger partial charge in [0.05, 0.1) is 25.4 Å². The van der Waals surface area contributed by atoms with Gasteiger partial charge in [-0.1, -0.05) is 122 Å². The van der Waals surface area contributed by atoms with E-state index in [1.165, 1.54) is 11.1 Å². The summed E-state index contributed by atoms with van der Waals surface area (Å²) in [5.41, 5.74) is 8.08. The molecule has 0 aromatic heterocycles. The largest absolute Gasteiger partial charge is 0.370 e. The third kappa shape index (κ3) is 7.28. The fourth-order valence-corrected chi connectivity index (χ4v) is 6.14. The molecule has 4 heteroatoms. The highest BCUT2D eigenvalue weighted by Gasteiger charge is 2.45. The van der Waals surface area contributed by atoms with Crippen LogP contribution in [-0.4, -0.2) is 18.3 Å². The number of rotatable bonds is 10. The molecule has 1 heterocycles. The van der Waals surface area contributed by atoms with Gasteiger partial charge < -0.3 is 14.2 Å². The highest BCUT2D eigenvalue weighted by molar-refractivity contribution is 6.31. The van der Waals surface area contributed by atoms with Crippen LogP contribution < -0.4 is 0 Å². The van der Waals surface area contributed by atoms with E-state index in [1.54, 1.807) is 0 Å². The lowest BCUT2D eigenvalue weighted by molar-refractivity contribution is -0.235. The van der Waals surface area contributed by atoms with Crippen molar-refractivity contribution in [2.75, 3.05) is 0 Å². The zero-order valence-electron chi connectivity index (χ0n) is 24.6. The molecule has 0 bridgehead atoms. The molecular formula is C37H41ClO3. The molecule has 5 rings (SSSR count). The molecule has 0 amide bonds.